The van der Waals surface area contributed by atoms with Crippen LogP contribution in [0.3, 0.4) is 0 Å². The van der Waals surface area contributed by atoms with E-state index >= 15 is 0 Å². The molecule has 0 amide bonds. The van der Waals surface area contributed by atoms with Gasteiger partial charge in [-0.25, -0.2) is 8.78 Å². The summed E-state index contributed by atoms with van der Waals surface area (Å²) in [4.78, 5) is 0. The van der Waals surface area contributed by atoms with Gasteiger partial charge in [0.2, 0.25) is 0 Å². The second-order valence-corrected chi connectivity index (χ2v) is 4.24. The zero-order chi connectivity index (χ0) is 13.8. The van der Waals surface area contributed by atoms with Crippen molar-refractivity contribution in [3.63, 3.8) is 0 Å². The molecule has 1 aromatic rings. The second-order valence-electron chi connectivity index (χ2n) is 4.24. The summed E-state index contributed by atoms with van der Waals surface area (Å²) in [5.74, 6) is -2.26. The lowest BCUT2D eigenvalue weighted by atomic mass is 9.96. The largest absolute Gasteiger partial charge is 0.486 e. The molecule has 0 heterocycles. The van der Waals surface area contributed by atoms with Gasteiger partial charge in [-0.1, -0.05) is 13.8 Å². The number of halogens is 2. The van der Waals surface area contributed by atoms with Gasteiger partial charge in [0.15, 0.2) is 17.4 Å². The van der Waals surface area contributed by atoms with Crippen LogP contribution < -0.4 is 10.5 Å². The summed E-state index contributed by atoms with van der Waals surface area (Å²) in [6.45, 7) is 3.80. The first-order valence-corrected chi connectivity index (χ1v) is 5.76. The Hall–Kier alpha value is -1.67. The lowest BCUT2D eigenvalue weighted by Gasteiger charge is -2.26. The Morgan fingerprint density at radius 2 is 1.78 bits per heavy atom. The van der Waals surface area contributed by atoms with E-state index in [2.05, 4.69) is 0 Å². The van der Waals surface area contributed by atoms with Gasteiger partial charge in [-0.15, -0.1) is 0 Å². The Balaban J connectivity index is 2.90. The molecule has 0 radical (unpaired) electrons. The van der Waals surface area contributed by atoms with Crippen molar-refractivity contribution < 1.29 is 13.5 Å². The van der Waals surface area contributed by atoms with Crippen molar-refractivity contribution in [1.29, 1.82) is 5.26 Å². The molecule has 0 saturated heterocycles. The van der Waals surface area contributed by atoms with Crippen LogP contribution in [-0.4, -0.2) is 12.1 Å². The van der Waals surface area contributed by atoms with Crippen LogP contribution in [0, 0.1) is 23.0 Å². The topological polar surface area (TPSA) is 59.0 Å². The Morgan fingerprint density at radius 3 is 2.17 bits per heavy atom. The van der Waals surface area contributed by atoms with Gasteiger partial charge in [-0.2, -0.15) is 5.26 Å². The van der Waals surface area contributed by atoms with Gasteiger partial charge in [0.05, 0.1) is 11.6 Å². The van der Waals surface area contributed by atoms with Crippen LogP contribution >= 0.6 is 0 Å². The molecule has 0 bridgehead atoms. The van der Waals surface area contributed by atoms with E-state index in [9.17, 15) is 8.78 Å². The minimum absolute atomic E-state index is 0.0275. The minimum atomic E-state index is -0.888. The molecule has 0 aliphatic heterocycles. The third kappa shape index (κ3) is 3.17. The van der Waals surface area contributed by atoms with Crippen molar-refractivity contribution in [2.75, 3.05) is 6.61 Å². The lowest BCUT2D eigenvalue weighted by molar-refractivity contribution is 0.193. The first-order chi connectivity index (χ1) is 8.45. The Bertz CT molecular complexity index is 442. The molecule has 1 rings (SSSR count). The maximum atomic E-state index is 13.5. The van der Waals surface area contributed by atoms with Gasteiger partial charge in [0.1, 0.15) is 6.61 Å². The molecule has 5 heteroatoms. The molecular weight excluding hydrogens is 238 g/mol. The predicted octanol–water partition coefficient (Wildman–Crippen LogP) is 2.73. The number of hydrogen-bond donors (Lipinski definition) is 1. The molecule has 0 aliphatic rings. The first kappa shape index (κ1) is 14.4. The highest BCUT2D eigenvalue weighted by Crippen LogP contribution is 2.24. The highest BCUT2D eigenvalue weighted by Gasteiger charge is 2.23. The monoisotopic (exact) mass is 254 g/mol. The van der Waals surface area contributed by atoms with Gasteiger partial charge in [0.25, 0.3) is 0 Å². The molecule has 2 N–H and O–H groups in total. The summed E-state index contributed by atoms with van der Waals surface area (Å²) in [7, 11) is 0. The average molecular weight is 254 g/mol. The summed E-state index contributed by atoms with van der Waals surface area (Å²) >= 11 is 0. The molecule has 0 fully saturated rings. The van der Waals surface area contributed by atoms with Crippen molar-refractivity contribution in [1.82, 2.24) is 0 Å². The maximum absolute atomic E-state index is 13.5. The third-order valence-corrected chi connectivity index (χ3v) is 3.04. The van der Waals surface area contributed by atoms with Crippen molar-refractivity contribution >= 4 is 0 Å². The molecule has 1 aromatic carbocycles. The molecule has 0 unspecified atom stereocenters. The van der Waals surface area contributed by atoms with Gasteiger partial charge in [-0.05, 0) is 25.0 Å². The van der Waals surface area contributed by atoms with Crippen molar-refractivity contribution in [2.24, 2.45) is 5.73 Å². The summed E-state index contributed by atoms with van der Waals surface area (Å²) in [6.07, 6.45) is 1.28. The molecule has 0 spiro atoms. The van der Waals surface area contributed by atoms with E-state index in [0.717, 1.165) is 12.1 Å². The number of benzene rings is 1. The summed E-state index contributed by atoms with van der Waals surface area (Å²) < 4.78 is 32.2. The molecule has 3 nitrogen and oxygen atoms in total. The van der Waals surface area contributed by atoms with Crippen molar-refractivity contribution in [3.8, 4) is 11.8 Å². The predicted molar refractivity (Wildman–Crippen MR) is 64.1 cm³/mol. The summed E-state index contributed by atoms with van der Waals surface area (Å²) in [5.41, 5.74) is 5.29. The van der Waals surface area contributed by atoms with Crippen molar-refractivity contribution in [2.45, 2.75) is 32.2 Å². The third-order valence-electron chi connectivity index (χ3n) is 3.04. The number of ether oxygens (including phenoxy) is 1. The van der Waals surface area contributed by atoms with Gasteiger partial charge in [0, 0.05) is 5.54 Å². The maximum Gasteiger partial charge on any atom is 0.190 e. The number of nitrogens with two attached hydrogens (primary N) is 1. The van der Waals surface area contributed by atoms with Crippen LogP contribution in [0.5, 0.6) is 5.75 Å². The standard InChI is InChI=1S/C13H16F2N2O/c1-3-13(17,4-2)8-18-12-10(14)5-9(7-16)6-11(12)15/h5-6H,3-4,8,17H2,1-2H3. The second kappa shape index (κ2) is 5.78. The first-order valence-electron chi connectivity index (χ1n) is 5.76. The fourth-order valence-electron chi connectivity index (χ4n) is 1.43. The molecule has 0 aliphatic carbocycles. The zero-order valence-electron chi connectivity index (χ0n) is 10.5. The van der Waals surface area contributed by atoms with E-state index in [4.69, 9.17) is 15.7 Å². The minimum Gasteiger partial charge on any atom is -0.486 e. The summed E-state index contributed by atoms with van der Waals surface area (Å²) in [6, 6.07) is 3.55. The normalized spacial score (nSPS) is 11.1. The van der Waals surface area contributed by atoms with E-state index in [0.29, 0.717) is 12.8 Å². The number of hydrogen-bond acceptors (Lipinski definition) is 3. The van der Waals surface area contributed by atoms with Gasteiger partial charge in [-0.3, -0.25) is 0 Å². The van der Waals surface area contributed by atoms with Gasteiger partial charge < -0.3 is 10.5 Å². The fourth-order valence-corrected chi connectivity index (χ4v) is 1.43. The van der Waals surface area contributed by atoms with E-state index in [1.165, 1.54) is 0 Å². The van der Waals surface area contributed by atoms with E-state index in [1.54, 1.807) is 6.07 Å². The molecule has 98 valence electrons. The van der Waals surface area contributed by atoms with E-state index < -0.39 is 22.9 Å². The fraction of sp³-hybridized carbons (Fsp3) is 0.462. The van der Waals surface area contributed by atoms with E-state index in [1.807, 2.05) is 13.8 Å². The van der Waals surface area contributed by atoms with Crippen LogP contribution in [0.4, 0.5) is 8.78 Å². The average Bonchev–Trinajstić information content (AvgIpc) is 2.37. The van der Waals surface area contributed by atoms with Crippen molar-refractivity contribution in [3.05, 3.63) is 29.3 Å². The van der Waals surface area contributed by atoms with E-state index in [-0.39, 0.29) is 12.2 Å². The van der Waals surface area contributed by atoms with Crippen LogP contribution in [0.15, 0.2) is 12.1 Å². The quantitative estimate of drug-likeness (QED) is 0.878. The summed E-state index contributed by atoms with van der Waals surface area (Å²) in [5, 5.41) is 8.57. The van der Waals surface area contributed by atoms with Crippen LogP contribution in [-0.2, 0) is 0 Å². The lowest BCUT2D eigenvalue weighted by Crippen LogP contribution is -2.44. The highest BCUT2D eigenvalue weighted by atomic mass is 19.1. The number of nitriles is 1. The Labute approximate surface area is 105 Å². The van der Waals surface area contributed by atoms with Crippen LogP contribution in [0.1, 0.15) is 32.3 Å². The highest BCUT2D eigenvalue weighted by molar-refractivity contribution is 5.37. The number of rotatable bonds is 5. The Kier molecular flexibility index (Phi) is 4.62. The van der Waals surface area contributed by atoms with Crippen LogP contribution in [0.25, 0.3) is 0 Å². The molecular formula is C13H16F2N2O. The van der Waals surface area contributed by atoms with Gasteiger partial charge >= 0.3 is 0 Å². The smallest absolute Gasteiger partial charge is 0.190 e. The Morgan fingerprint density at radius 1 is 1.28 bits per heavy atom. The molecule has 0 atom stereocenters. The van der Waals surface area contributed by atoms with Crippen LogP contribution in [0.2, 0.25) is 0 Å². The molecule has 0 aromatic heterocycles. The molecule has 0 saturated carbocycles. The number of nitrogens with zero attached hydrogens (tertiary/aromatic N) is 1. The molecule has 18 heavy (non-hydrogen) atoms. The zero-order valence-corrected chi connectivity index (χ0v) is 10.5. The SMILES string of the molecule is CCC(N)(CC)COc1c(F)cc(C#N)cc1F.